The summed E-state index contributed by atoms with van der Waals surface area (Å²) in [6.45, 7) is 0. The number of nitrogens with zero attached hydrogens (tertiary/aromatic N) is 2. The molecule has 0 unspecified atom stereocenters. The van der Waals surface area contributed by atoms with Crippen LogP contribution in [-0.4, -0.2) is 9.97 Å². The Hall–Kier alpha value is -2.00. The highest BCUT2D eigenvalue weighted by molar-refractivity contribution is 9.10. The van der Waals surface area contributed by atoms with Crippen LogP contribution in [0.3, 0.4) is 0 Å². The average molecular weight is 311 g/mol. The number of rotatable bonds is 2. The number of hydrogen-bond acceptors (Lipinski definition) is 2. The summed E-state index contributed by atoms with van der Waals surface area (Å²) < 4.78 is 1.08. The highest BCUT2D eigenvalue weighted by Gasteiger charge is 2.07. The molecule has 0 amide bonds. The SMILES string of the molecule is Brc1ccc(-c2ccccc2-c2cnccn2)cc1. The van der Waals surface area contributed by atoms with Crippen molar-refractivity contribution in [3.63, 3.8) is 0 Å². The Kier molecular flexibility index (Phi) is 3.38. The number of aromatic nitrogens is 2. The van der Waals surface area contributed by atoms with Crippen LogP contribution in [0.25, 0.3) is 22.4 Å². The molecule has 2 aromatic carbocycles. The molecule has 92 valence electrons. The van der Waals surface area contributed by atoms with Gasteiger partial charge >= 0.3 is 0 Å². The molecule has 0 atom stereocenters. The Labute approximate surface area is 120 Å². The van der Waals surface area contributed by atoms with E-state index in [1.165, 1.54) is 5.56 Å². The molecule has 1 heterocycles. The first-order chi connectivity index (χ1) is 9.34. The van der Waals surface area contributed by atoms with Crippen LogP contribution in [0.2, 0.25) is 0 Å². The molecule has 0 aliphatic rings. The van der Waals surface area contributed by atoms with Crippen LogP contribution in [0, 0.1) is 0 Å². The van der Waals surface area contributed by atoms with Gasteiger partial charge in [-0.25, -0.2) is 0 Å². The first-order valence-corrected chi connectivity index (χ1v) is 6.75. The number of halogens is 1. The summed E-state index contributed by atoms with van der Waals surface area (Å²) >= 11 is 3.46. The van der Waals surface area contributed by atoms with E-state index in [9.17, 15) is 0 Å². The van der Waals surface area contributed by atoms with E-state index in [0.29, 0.717) is 0 Å². The lowest BCUT2D eigenvalue weighted by molar-refractivity contribution is 1.21. The summed E-state index contributed by atoms with van der Waals surface area (Å²) in [5.74, 6) is 0. The highest BCUT2D eigenvalue weighted by atomic mass is 79.9. The summed E-state index contributed by atoms with van der Waals surface area (Å²) in [5, 5.41) is 0. The van der Waals surface area contributed by atoms with Gasteiger partial charge in [-0.2, -0.15) is 0 Å². The molecule has 0 saturated heterocycles. The zero-order chi connectivity index (χ0) is 13.1. The summed E-state index contributed by atoms with van der Waals surface area (Å²) in [5.41, 5.74) is 4.32. The summed E-state index contributed by atoms with van der Waals surface area (Å²) in [4.78, 5) is 8.52. The summed E-state index contributed by atoms with van der Waals surface area (Å²) in [6.07, 6.45) is 5.19. The lowest BCUT2D eigenvalue weighted by atomic mass is 9.98. The maximum atomic E-state index is 4.38. The zero-order valence-electron chi connectivity index (χ0n) is 10.1. The van der Waals surface area contributed by atoms with Crippen LogP contribution >= 0.6 is 15.9 Å². The Morgan fingerprint density at radius 2 is 1.53 bits per heavy atom. The van der Waals surface area contributed by atoms with Gasteiger partial charge < -0.3 is 0 Å². The van der Waals surface area contributed by atoms with Crippen molar-refractivity contribution in [3.8, 4) is 22.4 Å². The first kappa shape index (κ1) is 12.1. The van der Waals surface area contributed by atoms with E-state index in [1.54, 1.807) is 18.6 Å². The van der Waals surface area contributed by atoms with Crippen molar-refractivity contribution in [1.29, 1.82) is 0 Å². The van der Waals surface area contributed by atoms with Gasteiger partial charge in [-0.3, -0.25) is 9.97 Å². The third-order valence-electron chi connectivity index (χ3n) is 2.92. The maximum Gasteiger partial charge on any atom is 0.0891 e. The van der Waals surface area contributed by atoms with Gasteiger partial charge in [0.05, 0.1) is 11.9 Å². The van der Waals surface area contributed by atoms with E-state index in [1.807, 2.05) is 24.3 Å². The molecular formula is C16H11BrN2. The van der Waals surface area contributed by atoms with Crippen molar-refractivity contribution in [2.45, 2.75) is 0 Å². The zero-order valence-corrected chi connectivity index (χ0v) is 11.7. The minimum atomic E-state index is 0.890. The van der Waals surface area contributed by atoms with E-state index in [2.05, 4.69) is 50.2 Å². The maximum absolute atomic E-state index is 4.38. The monoisotopic (exact) mass is 310 g/mol. The lowest BCUT2D eigenvalue weighted by Gasteiger charge is -2.09. The molecule has 3 aromatic rings. The van der Waals surface area contributed by atoms with Gasteiger partial charge in [0.25, 0.3) is 0 Å². The lowest BCUT2D eigenvalue weighted by Crippen LogP contribution is -1.88. The molecule has 0 radical (unpaired) electrons. The standard InChI is InChI=1S/C16H11BrN2/c17-13-7-5-12(6-8-13)14-3-1-2-4-15(14)16-11-18-9-10-19-16/h1-11H. The highest BCUT2D eigenvalue weighted by Crippen LogP contribution is 2.30. The topological polar surface area (TPSA) is 25.8 Å². The van der Waals surface area contributed by atoms with Crippen molar-refractivity contribution in [1.82, 2.24) is 9.97 Å². The third-order valence-corrected chi connectivity index (χ3v) is 3.45. The molecule has 0 bridgehead atoms. The van der Waals surface area contributed by atoms with Crippen molar-refractivity contribution in [2.24, 2.45) is 0 Å². The largest absolute Gasteiger partial charge is 0.261 e. The fourth-order valence-corrected chi connectivity index (χ4v) is 2.29. The third kappa shape index (κ3) is 2.56. The van der Waals surface area contributed by atoms with Crippen molar-refractivity contribution >= 4 is 15.9 Å². The molecule has 1 aromatic heterocycles. The molecule has 19 heavy (non-hydrogen) atoms. The van der Waals surface area contributed by atoms with Gasteiger partial charge in [-0.1, -0.05) is 52.3 Å². The van der Waals surface area contributed by atoms with Gasteiger partial charge in [0, 0.05) is 22.4 Å². The Bertz CT molecular complexity index is 679. The van der Waals surface area contributed by atoms with E-state index < -0.39 is 0 Å². The number of hydrogen-bond donors (Lipinski definition) is 0. The van der Waals surface area contributed by atoms with E-state index in [-0.39, 0.29) is 0 Å². The summed E-state index contributed by atoms with van der Waals surface area (Å²) in [7, 11) is 0. The first-order valence-electron chi connectivity index (χ1n) is 5.96. The quantitative estimate of drug-likeness (QED) is 0.692. The molecule has 0 spiro atoms. The fourth-order valence-electron chi connectivity index (χ4n) is 2.03. The van der Waals surface area contributed by atoms with Crippen molar-refractivity contribution < 1.29 is 0 Å². The normalized spacial score (nSPS) is 10.4. The second kappa shape index (κ2) is 5.33. The van der Waals surface area contributed by atoms with Gasteiger partial charge in [0.2, 0.25) is 0 Å². The second-order valence-corrected chi connectivity index (χ2v) is 5.06. The van der Waals surface area contributed by atoms with Gasteiger partial charge in [-0.15, -0.1) is 0 Å². The van der Waals surface area contributed by atoms with Crippen LogP contribution in [0.4, 0.5) is 0 Å². The molecule has 3 rings (SSSR count). The molecule has 3 heteroatoms. The Morgan fingerprint density at radius 1 is 0.789 bits per heavy atom. The predicted octanol–water partition coefficient (Wildman–Crippen LogP) is 4.57. The molecule has 0 aliphatic carbocycles. The molecule has 2 nitrogen and oxygen atoms in total. The molecule has 0 N–H and O–H groups in total. The second-order valence-electron chi connectivity index (χ2n) is 4.14. The smallest absolute Gasteiger partial charge is 0.0891 e. The van der Waals surface area contributed by atoms with Gasteiger partial charge in [0.15, 0.2) is 0 Å². The minimum absolute atomic E-state index is 0.890. The number of benzene rings is 2. The fraction of sp³-hybridized carbons (Fsp3) is 0. The van der Waals surface area contributed by atoms with E-state index >= 15 is 0 Å². The van der Waals surface area contributed by atoms with Crippen LogP contribution < -0.4 is 0 Å². The van der Waals surface area contributed by atoms with Crippen LogP contribution in [0.15, 0.2) is 71.6 Å². The Morgan fingerprint density at radius 3 is 2.21 bits per heavy atom. The van der Waals surface area contributed by atoms with Crippen LogP contribution in [0.1, 0.15) is 0 Å². The van der Waals surface area contributed by atoms with Crippen LogP contribution in [-0.2, 0) is 0 Å². The molecular weight excluding hydrogens is 300 g/mol. The molecule has 0 aliphatic heterocycles. The van der Waals surface area contributed by atoms with Crippen molar-refractivity contribution in [3.05, 3.63) is 71.6 Å². The van der Waals surface area contributed by atoms with E-state index in [4.69, 9.17) is 0 Å². The van der Waals surface area contributed by atoms with E-state index in [0.717, 1.165) is 21.3 Å². The molecule has 0 saturated carbocycles. The molecule has 0 fully saturated rings. The van der Waals surface area contributed by atoms with Gasteiger partial charge in [-0.05, 0) is 23.3 Å². The van der Waals surface area contributed by atoms with Crippen molar-refractivity contribution in [2.75, 3.05) is 0 Å². The van der Waals surface area contributed by atoms with Gasteiger partial charge in [0.1, 0.15) is 0 Å². The minimum Gasteiger partial charge on any atom is -0.261 e. The predicted molar refractivity (Wildman–Crippen MR) is 80.6 cm³/mol. The Balaban J connectivity index is 2.15. The average Bonchev–Trinajstić information content (AvgIpc) is 2.49. The van der Waals surface area contributed by atoms with Crippen LogP contribution in [0.5, 0.6) is 0 Å². The summed E-state index contributed by atoms with van der Waals surface area (Å²) in [6, 6.07) is 16.5.